The zero-order chi connectivity index (χ0) is 22.9. The number of benzene rings is 1. The molecule has 2 aromatic rings. The molecule has 3 aliphatic carbocycles. The predicted molar refractivity (Wildman–Crippen MR) is 109 cm³/mol. The van der Waals surface area contributed by atoms with Crippen molar-refractivity contribution in [1.29, 1.82) is 0 Å². The highest BCUT2D eigenvalue weighted by atomic mass is 19.4. The second-order valence-corrected chi connectivity index (χ2v) is 9.19. The normalized spacial score (nSPS) is 29.3. The number of carboxylic acid groups (broad SMARTS) is 1. The van der Waals surface area contributed by atoms with Crippen LogP contribution in [0.2, 0.25) is 0 Å². The zero-order valence-corrected chi connectivity index (χ0v) is 17.4. The first-order chi connectivity index (χ1) is 15.1. The van der Waals surface area contributed by atoms with Crippen molar-refractivity contribution in [2.45, 2.75) is 45.2 Å². The van der Waals surface area contributed by atoms with Crippen LogP contribution >= 0.6 is 0 Å². The maximum atomic E-state index is 14.2. The van der Waals surface area contributed by atoms with E-state index in [4.69, 9.17) is 0 Å². The van der Waals surface area contributed by atoms with Crippen LogP contribution < -0.4 is 0 Å². The molecule has 0 saturated heterocycles. The van der Waals surface area contributed by atoms with Crippen molar-refractivity contribution in [1.82, 2.24) is 9.78 Å². The Kier molecular flexibility index (Phi) is 4.45. The first kappa shape index (κ1) is 21.0. The van der Waals surface area contributed by atoms with E-state index in [1.54, 1.807) is 23.0 Å². The van der Waals surface area contributed by atoms with Crippen LogP contribution in [0.15, 0.2) is 47.7 Å². The van der Waals surface area contributed by atoms with Gasteiger partial charge in [-0.15, -0.1) is 0 Å². The number of hydrogen-bond acceptors (Lipinski definition) is 2. The number of aromatic nitrogens is 2. The van der Waals surface area contributed by atoms with Gasteiger partial charge in [0.05, 0.1) is 17.6 Å². The zero-order valence-electron chi connectivity index (χ0n) is 17.4. The lowest BCUT2D eigenvalue weighted by Crippen LogP contribution is -2.55. The third kappa shape index (κ3) is 2.74. The molecular formula is C24H22F4N2O2. The molecule has 0 aliphatic heterocycles. The Hall–Kier alpha value is -2.90. The van der Waals surface area contributed by atoms with E-state index in [2.05, 4.69) is 5.10 Å². The first-order valence-corrected chi connectivity index (χ1v) is 10.6. The Balaban J connectivity index is 1.58. The molecule has 1 heterocycles. The van der Waals surface area contributed by atoms with Crippen molar-refractivity contribution in [3.8, 4) is 5.69 Å². The van der Waals surface area contributed by atoms with Crippen molar-refractivity contribution in [2.24, 2.45) is 16.7 Å². The SMILES string of the molecule is C[C@]12Cc3cnn(-c4ccc(F)cc4)c3C=C1CC[C@@H]1C2=CCCC1(C(=O)O)C(F)(F)F. The van der Waals surface area contributed by atoms with E-state index in [1.165, 1.54) is 12.1 Å². The molecular weight excluding hydrogens is 424 g/mol. The van der Waals surface area contributed by atoms with Gasteiger partial charge in [-0.2, -0.15) is 18.3 Å². The summed E-state index contributed by atoms with van der Waals surface area (Å²) in [5.41, 5.74) is 0.546. The van der Waals surface area contributed by atoms with Gasteiger partial charge in [-0.1, -0.05) is 24.1 Å². The van der Waals surface area contributed by atoms with Gasteiger partial charge in [-0.3, -0.25) is 4.79 Å². The van der Waals surface area contributed by atoms with Gasteiger partial charge in [0.25, 0.3) is 0 Å². The number of carboxylic acids is 1. The Morgan fingerprint density at radius 1 is 1.25 bits per heavy atom. The van der Waals surface area contributed by atoms with Gasteiger partial charge in [-0.05, 0) is 68.0 Å². The van der Waals surface area contributed by atoms with Crippen molar-refractivity contribution in [2.75, 3.05) is 0 Å². The standard InChI is InChI=1S/C24H22F4N2O2/c1-22-12-14-13-29-30(17-7-5-16(25)6-8-17)20(14)11-15(22)4-9-19-18(22)3-2-10-23(19,21(31)32)24(26,27)28/h3,5-8,11,13,19H,2,4,9-10,12H2,1H3,(H,31,32)/t19-,22+,23?/m1/s1. The van der Waals surface area contributed by atoms with E-state index in [9.17, 15) is 27.5 Å². The van der Waals surface area contributed by atoms with Crippen molar-refractivity contribution in [3.63, 3.8) is 0 Å². The molecule has 3 aliphatic rings. The first-order valence-electron chi connectivity index (χ1n) is 10.6. The van der Waals surface area contributed by atoms with Crippen LogP contribution in [-0.2, 0) is 11.2 Å². The summed E-state index contributed by atoms with van der Waals surface area (Å²) in [6.45, 7) is 1.92. The predicted octanol–water partition coefficient (Wildman–Crippen LogP) is 5.72. The number of allylic oxidation sites excluding steroid dienone is 3. The molecule has 1 fully saturated rings. The Morgan fingerprint density at radius 2 is 1.97 bits per heavy atom. The third-order valence-corrected chi connectivity index (χ3v) is 7.62. The molecule has 1 N–H and O–H groups in total. The number of fused-ring (bicyclic) bond motifs is 4. The monoisotopic (exact) mass is 446 g/mol. The van der Waals surface area contributed by atoms with Gasteiger partial charge in [0.15, 0.2) is 5.41 Å². The molecule has 1 saturated carbocycles. The summed E-state index contributed by atoms with van der Waals surface area (Å²) in [5, 5.41) is 14.2. The highest BCUT2D eigenvalue weighted by Crippen LogP contribution is 2.63. The average molecular weight is 446 g/mol. The summed E-state index contributed by atoms with van der Waals surface area (Å²) in [4.78, 5) is 12.0. The topological polar surface area (TPSA) is 55.1 Å². The highest BCUT2D eigenvalue weighted by molar-refractivity contribution is 5.78. The minimum atomic E-state index is -4.83. The maximum absolute atomic E-state index is 14.2. The average Bonchev–Trinajstić information content (AvgIpc) is 3.13. The maximum Gasteiger partial charge on any atom is 0.405 e. The van der Waals surface area contributed by atoms with Crippen LogP contribution in [0.3, 0.4) is 0 Å². The fourth-order valence-corrected chi connectivity index (χ4v) is 5.99. The molecule has 4 nitrogen and oxygen atoms in total. The smallest absolute Gasteiger partial charge is 0.405 e. The lowest BCUT2D eigenvalue weighted by Gasteiger charge is -2.52. The molecule has 1 aromatic carbocycles. The molecule has 3 atom stereocenters. The van der Waals surface area contributed by atoms with Crippen LogP contribution in [0.4, 0.5) is 17.6 Å². The van der Waals surface area contributed by atoms with Crippen LogP contribution in [0.25, 0.3) is 11.8 Å². The molecule has 8 heteroatoms. The Labute approximate surface area is 182 Å². The number of rotatable bonds is 2. The molecule has 1 unspecified atom stereocenters. The summed E-state index contributed by atoms with van der Waals surface area (Å²) in [6, 6.07) is 5.95. The highest BCUT2D eigenvalue weighted by Gasteiger charge is 2.68. The van der Waals surface area contributed by atoms with Gasteiger partial charge in [0.1, 0.15) is 5.82 Å². The van der Waals surface area contributed by atoms with Gasteiger partial charge < -0.3 is 5.11 Å². The van der Waals surface area contributed by atoms with Crippen LogP contribution in [0, 0.1) is 22.6 Å². The van der Waals surface area contributed by atoms with Gasteiger partial charge >= 0.3 is 12.1 Å². The molecule has 0 spiro atoms. The van der Waals surface area contributed by atoms with E-state index in [-0.39, 0.29) is 18.7 Å². The second kappa shape index (κ2) is 6.80. The third-order valence-electron chi connectivity index (χ3n) is 7.62. The minimum absolute atomic E-state index is 0.0855. The molecule has 0 bridgehead atoms. The minimum Gasteiger partial charge on any atom is -0.481 e. The summed E-state index contributed by atoms with van der Waals surface area (Å²) < 4.78 is 57.5. The van der Waals surface area contributed by atoms with E-state index in [0.29, 0.717) is 24.1 Å². The summed E-state index contributed by atoms with van der Waals surface area (Å²) in [6.07, 6.45) is 1.30. The number of carbonyl (C=O) groups is 1. The number of aliphatic carboxylic acids is 1. The fraction of sp³-hybridized carbons (Fsp3) is 0.417. The largest absolute Gasteiger partial charge is 0.481 e. The molecule has 5 rings (SSSR count). The summed E-state index contributed by atoms with van der Waals surface area (Å²) >= 11 is 0. The van der Waals surface area contributed by atoms with Gasteiger partial charge in [0.2, 0.25) is 0 Å². The molecule has 0 radical (unpaired) electrons. The van der Waals surface area contributed by atoms with Crippen LogP contribution in [0.1, 0.15) is 43.9 Å². The number of alkyl halides is 3. The lowest BCUT2D eigenvalue weighted by molar-refractivity contribution is -0.249. The quantitative estimate of drug-likeness (QED) is 0.474. The lowest BCUT2D eigenvalue weighted by atomic mass is 9.51. The number of nitrogens with zero attached hydrogens (tertiary/aromatic N) is 2. The van der Waals surface area contributed by atoms with Crippen molar-refractivity contribution < 1.29 is 27.5 Å². The number of hydrogen-bond donors (Lipinski definition) is 1. The van der Waals surface area contributed by atoms with E-state index >= 15 is 0 Å². The van der Waals surface area contributed by atoms with E-state index in [1.807, 2.05) is 19.1 Å². The summed E-state index contributed by atoms with van der Waals surface area (Å²) in [7, 11) is 0. The van der Waals surface area contributed by atoms with Crippen molar-refractivity contribution in [3.05, 3.63) is 64.8 Å². The second-order valence-electron chi connectivity index (χ2n) is 9.19. The van der Waals surface area contributed by atoms with E-state index < -0.39 is 35.3 Å². The van der Waals surface area contributed by atoms with Crippen LogP contribution in [0.5, 0.6) is 0 Å². The van der Waals surface area contributed by atoms with Crippen LogP contribution in [-0.4, -0.2) is 27.0 Å². The molecule has 1 aromatic heterocycles. The van der Waals surface area contributed by atoms with Gasteiger partial charge in [0, 0.05) is 11.3 Å². The van der Waals surface area contributed by atoms with E-state index in [0.717, 1.165) is 16.8 Å². The fourth-order valence-electron chi connectivity index (χ4n) is 5.99. The Bertz CT molecular complexity index is 1160. The van der Waals surface area contributed by atoms with Crippen molar-refractivity contribution >= 4 is 12.0 Å². The molecule has 0 amide bonds. The Morgan fingerprint density at radius 3 is 2.62 bits per heavy atom. The molecule has 32 heavy (non-hydrogen) atoms. The summed E-state index contributed by atoms with van der Waals surface area (Å²) in [5.74, 6) is -3.21. The number of halogens is 4. The van der Waals surface area contributed by atoms with Gasteiger partial charge in [-0.25, -0.2) is 9.07 Å². The molecule has 168 valence electrons.